The van der Waals surface area contributed by atoms with Gasteiger partial charge in [0.15, 0.2) is 0 Å². The molecule has 1 aliphatic rings. The van der Waals surface area contributed by atoms with Crippen molar-refractivity contribution in [2.24, 2.45) is 11.7 Å². The Morgan fingerprint density at radius 2 is 2.00 bits per heavy atom. The zero-order valence-corrected chi connectivity index (χ0v) is 10.2. The smallest absolute Gasteiger partial charge is 0.0608 e. The maximum Gasteiger partial charge on any atom is 0.0608 e. The molecule has 0 radical (unpaired) electrons. The molecule has 0 aliphatic heterocycles. The summed E-state index contributed by atoms with van der Waals surface area (Å²) in [5.41, 5.74) is 5.48. The Bertz CT molecular complexity index is 176. The van der Waals surface area contributed by atoms with Gasteiger partial charge < -0.3 is 15.7 Å². The van der Waals surface area contributed by atoms with Gasteiger partial charge in [-0.1, -0.05) is 12.8 Å². The highest BCUT2D eigenvalue weighted by Crippen LogP contribution is 2.25. The third-order valence-electron chi connectivity index (χ3n) is 3.47. The summed E-state index contributed by atoms with van der Waals surface area (Å²) in [4.78, 5) is 2.36. The molecule has 1 aliphatic carbocycles. The number of hydrogen-bond acceptors (Lipinski definition) is 3. The third-order valence-corrected chi connectivity index (χ3v) is 3.47. The van der Waals surface area contributed by atoms with Gasteiger partial charge in [-0.05, 0) is 45.7 Å². The molecule has 1 unspecified atom stereocenters. The van der Waals surface area contributed by atoms with Crippen LogP contribution in [0, 0.1) is 5.92 Å². The number of rotatable bonds is 6. The number of aliphatic hydroxyl groups excluding tert-OH is 1. The second-order valence-corrected chi connectivity index (χ2v) is 5.47. The molecular formula is C12H26N2O. The summed E-state index contributed by atoms with van der Waals surface area (Å²) < 4.78 is 0. The predicted octanol–water partition coefficient (Wildman–Crippen LogP) is 1.21. The van der Waals surface area contributed by atoms with Crippen LogP contribution in [0.5, 0.6) is 0 Å². The molecule has 1 saturated carbocycles. The molecule has 0 aromatic heterocycles. The molecule has 0 spiro atoms. The lowest BCUT2D eigenvalue weighted by molar-refractivity contribution is 0.177. The van der Waals surface area contributed by atoms with Crippen molar-refractivity contribution in [2.75, 3.05) is 26.7 Å². The van der Waals surface area contributed by atoms with Crippen LogP contribution in [0.25, 0.3) is 0 Å². The van der Waals surface area contributed by atoms with Crippen LogP contribution >= 0.6 is 0 Å². The SMILES string of the molecule is CN(CCC(C)(N)CO)CC1CCCC1. The second kappa shape index (κ2) is 5.83. The molecular weight excluding hydrogens is 188 g/mol. The fourth-order valence-corrected chi connectivity index (χ4v) is 2.25. The van der Waals surface area contributed by atoms with E-state index in [4.69, 9.17) is 10.8 Å². The van der Waals surface area contributed by atoms with Crippen LogP contribution in [-0.4, -0.2) is 42.3 Å². The number of nitrogens with zero attached hydrogens (tertiary/aromatic N) is 1. The van der Waals surface area contributed by atoms with Crippen molar-refractivity contribution in [3.05, 3.63) is 0 Å². The Morgan fingerprint density at radius 3 is 2.53 bits per heavy atom. The highest BCUT2D eigenvalue weighted by molar-refractivity contribution is 4.79. The Morgan fingerprint density at radius 1 is 1.40 bits per heavy atom. The molecule has 1 fully saturated rings. The van der Waals surface area contributed by atoms with Gasteiger partial charge in [0.05, 0.1) is 6.61 Å². The minimum absolute atomic E-state index is 0.0737. The van der Waals surface area contributed by atoms with E-state index in [1.807, 2.05) is 6.92 Å². The van der Waals surface area contributed by atoms with Crippen molar-refractivity contribution in [2.45, 2.75) is 44.6 Å². The quantitative estimate of drug-likeness (QED) is 0.698. The molecule has 1 atom stereocenters. The van der Waals surface area contributed by atoms with E-state index in [-0.39, 0.29) is 6.61 Å². The maximum atomic E-state index is 9.05. The van der Waals surface area contributed by atoms with Gasteiger partial charge in [-0.25, -0.2) is 0 Å². The van der Waals surface area contributed by atoms with Crippen LogP contribution in [0.4, 0.5) is 0 Å². The Kier molecular flexibility index (Phi) is 5.03. The van der Waals surface area contributed by atoms with E-state index in [1.165, 1.54) is 32.2 Å². The standard InChI is InChI=1S/C12H26N2O/c1-12(13,10-15)7-8-14(2)9-11-5-3-4-6-11/h11,15H,3-10,13H2,1-2H3. The van der Waals surface area contributed by atoms with Crippen molar-refractivity contribution in [3.63, 3.8) is 0 Å². The molecule has 90 valence electrons. The zero-order chi connectivity index (χ0) is 11.3. The first-order valence-electron chi connectivity index (χ1n) is 6.12. The highest BCUT2D eigenvalue weighted by Gasteiger charge is 2.20. The molecule has 3 heteroatoms. The van der Waals surface area contributed by atoms with Crippen LogP contribution in [0.2, 0.25) is 0 Å². The van der Waals surface area contributed by atoms with Crippen molar-refractivity contribution >= 4 is 0 Å². The van der Waals surface area contributed by atoms with Crippen LogP contribution in [0.15, 0.2) is 0 Å². The minimum Gasteiger partial charge on any atom is -0.394 e. The van der Waals surface area contributed by atoms with Crippen molar-refractivity contribution in [1.29, 1.82) is 0 Å². The van der Waals surface area contributed by atoms with Gasteiger partial charge in [0.2, 0.25) is 0 Å². The first-order valence-corrected chi connectivity index (χ1v) is 6.12. The minimum atomic E-state index is -0.413. The summed E-state index contributed by atoms with van der Waals surface area (Å²) in [5.74, 6) is 0.896. The largest absolute Gasteiger partial charge is 0.394 e. The van der Waals surface area contributed by atoms with Crippen LogP contribution < -0.4 is 5.73 Å². The van der Waals surface area contributed by atoms with E-state index in [0.717, 1.165) is 18.9 Å². The van der Waals surface area contributed by atoms with E-state index >= 15 is 0 Å². The first-order chi connectivity index (χ1) is 7.03. The van der Waals surface area contributed by atoms with E-state index in [2.05, 4.69) is 11.9 Å². The summed E-state index contributed by atoms with van der Waals surface area (Å²) in [6.45, 7) is 4.17. The van der Waals surface area contributed by atoms with Gasteiger partial charge in [0.1, 0.15) is 0 Å². The van der Waals surface area contributed by atoms with Crippen molar-refractivity contribution < 1.29 is 5.11 Å². The molecule has 0 bridgehead atoms. The molecule has 0 heterocycles. The molecule has 0 saturated heterocycles. The van der Waals surface area contributed by atoms with Crippen LogP contribution in [-0.2, 0) is 0 Å². The average molecular weight is 214 g/mol. The summed E-state index contributed by atoms with van der Waals surface area (Å²) in [7, 11) is 2.16. The molecule has 3 nitrogen and oxygen atoms in total. The Balaban J connectivity index is 2.15. The van der Waals surface area contributed by atoms with E-state index < -0.39 is 5.54 Å². The van der Waals surface area contributed by atoms with Gasteiger partial charge in [0, 0.05) is 12.1 Å². The highest BCUT2D eigenvalue weighted by atomic mass is 16.3. The fraction of sp³-hybridized carbons (Fsp3) is 1.00. The first kappa shape index (κ1) is 12.9. The maximum absolute atomic E-state index is 9.05. The Labute approximate surface area is 93.6 Å². The normalized spacial score (nSPS) is 22.2. The second-order valence-electron chi connectivity index (χ2n) is 5.47. The Hall–Kier alpha value is -0.120. The van der Waals surface area contributed by atoms with Gasteiger partial charge in [-0.3, -0.25) is 0 Å². The van der Waals surface area contributed by atoms with E-state index in [9.17, 15) is 0 Å². The molecule has 1 rings (SSSR count). The number of nitrogens with two attached hydrogens (primary N) is 1. The van der Waals surface area contributed by atoms with Gasteiger partial charge in [-0.2, -0.15) is 0 Å². The zero-order valence-electron chi connectivity index (χ0n) is 10.2. The summed E-state index contributed by atoms with van der Waals surface area (Å²) in [5, 5.41) is 9.05. The summed E-state index contributed by atoms with van der Waals surface area (Å²) >= 11 is 0. The predicted molar refractivity (Wildman–Crippen MR) is 63.8 cm³/mol. The van der Waals surface area contributed by atoms with Gasteiger partial charge >= 0.3 is 0 Å². The monoisotopic (exact) mass is 214 g/mol. The van der Waals surface area contributed by atoms with Crippen molar-refractivity contribution in [1.82, 2.24) is 4.90 Å². The fourth-order valence-electron chi connectivity index (χ4n) is 2.25. The summed E-state index contributed by atoms with van der Waals surface area (Å²) in [6, 6.07) is 0. The average Bonchev–Trinajstić information content (AvgIpc) is 2.68. The molecule has 15 heavy (non-hydrogen) atoms. The van der Waals surface area contributed by atoms with Crippen LogP contribution in [0.3, 0.4) is 0 Å². The van der Waals surface area contributed by atoms with Crippen LogP contribution in [0.1, 0.15) is 39.0 Å². The molecule has 3 N–H and O–H groups in total. The lowest BCUT2D eigenvalue weighted by atomic mass is 10.00. The molecule has 0 aromatic carbocycles. The lowest BCUT2D eigenvalue weighted by Gasteiger charge is -2.26. The molecule has 0 amide bonds. The van der Waals surface area contributed by atoms with E-state index in [0.29, 0.717) is 0 Å². The van der Waals surface area contributed by atoms with Gasteiger partial charge in [-0.15, -0.1) is 0 Å². The lowest BCUT2D eigenvalue weighted by Crippen LogP contribution is -2.43. The van der Waals surface area contributed by atoms with E-state index in [1.54, 1.807) is 0 Å². The topological polar surface area (TPSA) is 49.5 Å². The third kappa shape index (κ3) is 4.96. The summed E-state index contributed by atoms with van der Waals surface area (Å²) in [6.07, 6.45) is 6.47. The molecule has 0 aromatic rings. The number of hydrogen-bond donors (Lipinski definition) is 2. The van der Waals surface area contributed by atoms with Gasteiger partial charge in [0.25, 0.3) is 0 Å². The van der Waals surface area contributed by atoms with Crippen molar-refractivity contribution in [3.8, 4) is 0 Å². The number of aliphatic hydroxyl groups is 1.